The molecule has 0 amide bonds. The lowest BCUT2D eigenvalue weighted by Crippen LogP contribution is -2.55. The quantitative estimate of drug-likeness (QED) is 0.748. The molecule has 0 aromatic heterocycles. The minimum Gasteiger partial charge on any atom is -0.329 e. The lowest BCUT2D eigenvalue weighted by Gasteiger charge is -2.40. The second kappa shape index (κ2) is 5.28. The van der Waals surface area contributed by atoms with Gasteiger partial charge in [-0.05, 0) is 25.8 Å². The summed E-state index contributed by atoms with van der Waals surface area (Å²) in [5.74, 6) is 0.961. The van der Waals surface area contributed by atoms with Crippen molar-refractivity contribution < 1.29 is 0 Å². The molecule has 1 atom stereocenters. The molecular weight excluding hydrogens is 186 g/mol. The number of nitrogens with two attached hydrogens (primary N) is 1. The molecule has 3 heteroatoms. The van der Waals surface area contributed by atoms with E-state index in [1.165, 1.54) is 45.3 Å². The maximum Gasteiger partial charge on any atom is 0.0346 e. The van der Waals surface area contributed by atoms with Gasteiger partial charge in [-0.15, -0.1) is 0 Å². The second-order valence-corrected chi connectivity index (χ2v) is 5.30. The zero-order chi connectivity index (χ0) is 10.7. The number of hydrogen-bond acceptors (Lipinski definition) is 3. The summed E-state index contributed by atoms with van der Waals surface area (Å²) in [7, 11) is 2.20. The van der Waals surface area contributed by atoms with Crippen LogP contribution in [0.15, 0.2) is 0 Å². The Morgan fingerprint density at radius 3 is 2.60 bits per heavy atom. The van der Waals surface area contributed by atoms with Crippen LogP contribution in [0.25, 0.3) is 0 Å². The SMILES string of the molecule is CN1CCN(CC2CCCC2)C(CN)C1. The molecule has 1 saturated heterocycles. The summed E-state index contributed by atoms with van der Waals surface area (Å²) in [5.41, 5.74) is 5.86. The summed E-state index contributed by atoms with van der Waals surface area (Å²) in [6.45, 7) is 5.70. The van der Waals surface area contributed by atoms with Crippen molar-refractivity contribution in [3.8, 4) is 0 Å². The van der Waals surface area contributed by atoms with Gasteiger partial charge >= 0.3 is 0 Å². The van der Waals surface area contributed by atoms with Crippen molar-refractivity contribution in [2.24, 2.45) is 11.7 Å². The molecule has 1 aliphatic heterocycles. The van der Waals surface area contributed by atoms with Gasteiger partial charge in [-0.3, -0.25) is 4.90 Å². The van der Waals surface area contributed by atoms with Crippen LogP contribution in [0.2, 0.25) is 0 Å². The van der Waals surface area contributed by atoms with E-state index in [2.05, 4.69) is 16.8 Å². The summed E-state index contributed by atoms with van der Waals surface area (Å²) < 4.78 is 0. The summed E-state index contributed by atoms with van der Waals surface area (Å²) in [4.78, 5) is 5.04. The third-order valence-corrected chi connectivity index (χ3v) is 4.05. The zero-order valence-corrected chi connectivity index (χ0v) is 9.99. The van der Waals surface area contributed by atoms with Crippen molar-refractivity contribution in [2.75, 3.05) is 39.8 Å². The lowest BCUT2D eigenvalue weighted by atomic mass is 10.0. The molecule has 2 aliphatic rings. The molecule has 0 bridgehead atoms. The van der Waals surface area contributed by atoms with Gasteiger partial charge in [-0.25, -0.2) is 0 Å². The van der Waals surface area contributed by atoms with Crippen molar-refractivity contribution in [1.29, 1.82) is 0 Å². The largest absolute Gasteiger partial charge is 0.329 e. The third kappa shape index (κ3) is 2.92. The van der Waals surface area contributed by atoms with Crippen LogP contribution in [-0.4, -0.2) is 55.6 Å². The molecule has 2 N–H and O–H groups in total. The lowest BCUT2D eigenvalue weighted by molar-refractivity contribution is 0.0803. The molecule has 0 aromatic rings. The molecule has 2 fully saturated rings. The van der Waals surface area contributed by atoms with Gasteiger partial charge in [0.1, 0.15) is 0 Å². The first-order valence-electron chi connectivity index (χ1n) is 6.42. The Morgan fingerprint density at radius 1 is 1.20 bits per heavy atom. The van der Waals surface area contributed by atoms with Gasteiger partial charge in [0, 0.05) is 38.8 Å². The van der Waals surface area contributed by atoms with E-state index < -0.39 is 0 Å². The Bertz CT molecular complexity index is 189. The predicted octanol–water partition coefficient (Wildman–Crippen LogP) is 0.751. The molecular formula is C12H25N3. The number of likely N-dealkylation sites (N-methyl/N-ethyl adjacent to an activating group) is 1. The van der Waals surface area contributed by atoms with Crippen molar-refractivity contribution in [2.45, 2.75) is 31.7 Å². The maximum absolute atomic E-state index is 5.86. The van der Waals surface area contributed by atoms with E-state index in [1.807, 2.05) is 0 Å². The average molecular weight is 211 g/mol. The highest BCUT2D eigenvalue weighted by molar-refractivity contribution is 4.83. The fourth-order valence-electron chi connectivity index (χ4n) is 3.04. The predicted molar refractivity (Wildman–Crippen MR) is 63.9 cm³/mol. The third-order valence-electron chi connectivity index (χ3n) is 4.05. The standard InChI is InChI=1S/C12H25N3/c1-14-6-7-15(12(8-13)10-14)9-11-4-2-3-5-11/h11-12H,2-10,13H2,1H3. The topological polar surface area (TPSA) is 32.5 Å². The number of piperazine rings is 1. The Balaban J connectivity index is 1.83. The van der Waals surface area contributed by atoms with E-state index in [-0.39, 0.29) is 0 Å². The van der Waals surface area contributed by atoms with Gasteiger partial charge in [-0.1, -0.05) is 12.8 Å². The minimum atomic E-state index is 0.601. The summed E-state index contributed by atoms with van der Waals surface area (Å²) in [5, 5.41) is 0. The highest BCUT2D eigenvalue weighted by Gasteiger charge is 2.27. The van der Waals surface area contributed by atoms with Crippen molar-refractivity contribution in [1.82, 2.24) is 9.80 Å². The first-order valence-corrected chi connectivity index (χ1v) is 6.42. The van der Waals surface area contributed by atoms with Gasteiger partial charge < -0.3 is 10.6 Å². The average Bonchev–Trinajstić information content (AvgIpc) is 2.73. The van der Waals surface area contributed by atoms with Gasteiger partial charge in [0.25, 0.3) is 0 Å². The maximum atomic E-state index is 5.86. The van der Waals surface area contributed by atoms with E-state index in [0.29, 0.717) is 6.04 Å². The summed E-state index contributed by atoms with van der Waals surface area (Å²) in [6, 6.07) is 0.601. The number of nitrogens with zero attached hydrogens (tertiary/aromatic N) is 2. The molecule has 0 aromatic carbocycles. The van der Waals surface area contributed by atoms with E-state index in [1.54, 1.807) is 0 Å². The van der Waals surface area contributed by atoms with Gasteiger partial charge in [0.05, 0.1) is 0 Å². The summed E-state index contributed by atoms with van der Waals surface area (Å²) in [6.07, 6.45) is 5.80. The Kier molecular flexibility index (Phi) is 4.00. The second-order valence-electron chi connectivity index (χ2n) is 5.30. The fraction of sp³-hybridized carbons (Fsp3) is 1.00. The van der Waals surface area contributed by atoms with Crippen molar-refractivity contribution in [3.63, 3.8) is 0 Å². The van der Waals surface area contributed by atoms with E-state index >= 15 is 0 Å². The van der Waals surface area contributed by atoms with Crippen LogP contribution in [0.1, 0.15) is 25.7 Å². The summed E-state index contributed by atoms with van der Waals surface area (Å²) >= 11 is 0. The normalized spacial score (nSPS) is 31.2. The molecule has 1 unspecified atom stereocenters. The van der Waals surface area contributed by atoms with Gasteiger partial charge in [0.15, 0.2) is 0 Å². The monoisotopic (exact) mass is 211 g/mol. The van der Waals surface area contributed by atoms with Crippen LogP contribution in [0.5, 0.6) is 0 Å². The zero-order valence-electron chi connectivity index (χ0n) is 9.99. The van der Waals surface area contributed by atoms with E-state index in [9.17, 15) is 0 Å². The first-order chi connectivity index (χ1) is 7.29. The fourth-order valence-corrected chi connectivity index (χ4v) is 3.04. The number of rotatable bonds is 3. The molecule has 1 aliphatic carbocycles. The molecule has 88 valence electrons. The smallest absolute Gasteiger partial charge is 0.0346 e. The molecule has 0 spiro atoms. The van der Waals surface area contributed by atoms with Crippen molar-refractivity contribution in [3.05, 3.63) is 0 Å². The highest BCUT2D eigenvalue weighted by Crippen LogP contribution is 2.26. The molecule has 3 nitrogen and oxygen atoms in total. The van der Waals surface area contributed by atoms with E-state index in [0.717, 1.165) is 19.0 Å². The van der Waals surface area contributed by atoms with Crippen LogP contribution in [0.3, 0.4) is 0 Å². The number of hydrogen-bond donors (Lipinski definition) is 1. The Hall–Kier alpha value is -0.120. The van der Waals surface area contributed by atoms with Gasteiger partial charge in [-0.2, -0.15) is 0 Å². The van der Waals surface area contributed by atoms with Crippen LogP contribution < -0.4 is 5.73 Å². The Morgan fingerprint density at radius 2 is 1.93 bits per heavy atom. The van der Waals surface area contributed by atoms with Crippen molar-refractivity contribution >= 4 is 0 Å². The molecule has 1 heterocycles. The molecule has 1 saturated carbocycles. The van der Waals surface area contributed by atoms with Crippen LogP contribution in [0, 0.1) is 5.92 Å². The molecule has 0 radical (unpaired) electrons. The Labute approximate surface area is 93.6 Å². The van der Waals surface area contributed by atoms with Crippen LogP contribution in [0.4, 0.5) is 0 Å². The molecule has 15 heavy (non-hydrogen) atoms. The van der Waals surface area contributed by atoms with E-state index in [4.69, 9.17) is 5.73 Å². The molecule has 2 rings (SSSR count). The van der Waals surface area contributed by atoms with Gasteiger partial charge in [0.2, 0.25) is 0 Å². The highest BCUT2D eigenvalue weighted by atomic mass is 15.3. The first kappa shape index (κ1) is 11.4. The van der Waals surface area contributed by atoms with Crippen LogP contribution in [-0.2, 0) is 0 Å². The minimum absolute atomic E-state index is 0.601. The van der Waals surface area contributed by atoms with Crippen LogP contribution >= 0.6 is 0 Å².